The Morgan fingerprint density at radius 3 is 2.15 bits per heavy atom. The molecule has 11 heteroatoms. The number of ether oxygens (including phenoxy) is 1. The Kier molecular flexibility index (Phi) is 13.1. The first-order chi connectivity index (χ1) is 18.7. The number of rotatable bonds is 9. The molecule has 0 spiro atoms. The Hall–Kier alpha value is -2.20. The molecule has 2 aromatic carbocycles. The van der Waals surface area contributed by atoms with Crippen LogP contribution in [0.2, 0.25) is 0 Å². The fraction of sp³-hybridized carbons (Fsp3) is 0.567. The number of alkyl halides is 3. The van der Waals surface area contributed by atoms with E-state index in [-0.39, 0.29) is 30.7 Å². The number of halogens is 5. The molecule has 0 radical (unpaired) electrons. The van der Waals surface area contributed by atoms with Crippen LogP contribution in [-0.2, 0) is 16.4 Å². The van der Waals surface area contributed by atoms with Gasteiger partial charge in [0.2, 0.25) is 5.91 Å². The lowest BCUT2D eigenvalue weighted by Gasteiger charge is -2.45. The Morgan fingerprint density at radius 1 is 0.927 bits per heavy atom. The number of anilines is 1. The molecule has 2 aliphatic rings. The predicted octanol–water partition coefficient (Wildman–Crippen LogP) is 5.58. The van der Waals surface area contributed by atoms with Crippen LogP contribution < -0.4 is 9.64 Å². The van der Waals surface area contributed by atoms with Crippen LogP contribution >= 0.6 is 24.8 Å². The van der Waals surface area contributed by atoms with Crippen molar-refractivity contribution in [1.29, 1.82) is 0 Å². The molecule has 2 aromatic rings. The van der Waals surface area contributed by atoms with E-state index in [1.807, 2.05) is 29.2 Å². The molecule has 2 fully saturated rings. The first-order valence-corrected chi connectivity index (χ1v) is 14.0. The molecule has 1 amide bonds. The third kappa shape index (κ3) is 8.66. The Labute approximate surface area is 254 Å². The second-order valence-corrected chi connectivity index (χ2v) is 10.7. The zero-order valence-electron chi connectivity index (χ0n) is 24.2. The van der Waals surface area contributed by atoms with Gasteiger partial charge < -0.3 is 19.4 Å². The molecule has 2 heterocycles. The van der Waals surface area contributed by atoms with E-state index in [0.717, 1.165) is 62.3 Å². The van der Waals surface area contributed by atoms with Crippen LogP contribution in [0.5, 0.6) is 5.75 Å². The number of benzene rings is 2. The number of likely N-dealkylation sites (N-methyl/N-ethyl adjacent to an activating group) is 1. The third-order valence-corrected chi connectivity index (χ3v) is 8.45. The summed E-state index contributed by atoms with van der Waals surface area (Å²) in [5.74, 6) is 0.933. The van der Waals surface area contributed by atoms with Crippen LogP contribution in [-0.4, -0.2) is 93.2 Å². The monoisotopic (exact) mass is 618 g/mol. The number of hydrogen-bond donors (Lipinski definition) is 0. The first-order valence-electron chi connectivity index (χ1n) is 14.0. The number of methoxy groups -OCH3 is 1. The zero-order chi connectivity index (χ0) is 28.0. The summed E-state index contributed by atoms with van der Waals surface area (Å²) in [5, 5.41) is 0. The van der Waals surface area contributed by atoms with Crippen molar-refractivity contribution in [2.75, 3.05) is 77.5 Å². The largest absolute Gasteiger partial charge is 0.497 e. The van der Waals surface area contributed by atoms with Crippen molar-refractivity contribution < 1.29 is 22.7 Å². The summed E-state index contributed by atoms with van der Waals surface area (Å²) < 4.78 is 45.9. The Bertz CT molecular complexity index is 1100. The highest BCUT2D eigenvalue weighted by Gasteiger charge is 2.40. The molecule has 230 valence electrons. The topological polar surface area (TPSA) is 39.3 Å². The standard InChI is InChI=1S/C30H41F3N4O2.2ClH/c1-4-34(5-2)23-29(24-8-6-9-25(20-24)30(31,32)33)12-14-37(15-13-29)28(38)22-35-16-18-36(19-17-35)26-10-7-11-27(21-26)39-3;;/h6-11,20-21H,4-5,12-19,22-23H2,1-3H3;2*1H. The first kappa shape index (κ1) is 35.0. The number of carbonyl (C=O) groups excluding carboxylic acids is 1. The number of piperazine rings is 1. The minimum absolute atomic E-state index is 0. The number of hydrogen-bond acceptors (Lipinski definition) is 5. The maximum absolute atomic E-state index is 13.5. The molecule has 0 bridgehead atoms. The SMILES string of the molecule is CCN(CC)CC1(c2cccc(C(F)(F)F)c2)CCN(C(=O)CN2CCN(c3cccc(OC)c3)CC2)CC1.Cl.Cl. The maximum atomic E-state index is 13.5. The molecule has 6 nitrogen and oxygen atoms in total. The van der Waals surface area contributed by atoms with Gasteiger partial charge in [-0.3, -0.25) is 9.69 Å². The highest BCUT2D eigenvalue weighted by Crippen LogP contribution is 2.39. The minimum atomic E-state index is -4.38. The number of carbonyl (C=O) groups is 1. The van der Waals surface area contributed by atoms with Crippen LogP contribution in [0.15, 0.2) is 48.5 Å². The van der Waals surface area contributed by atoms with Crippen molar-refractivity contribution in [1.82, 2.24) is 14.7 Å². The fourth-order valence-corrected chi connectivity index (χ4v) is 5.89. The van der Waals surface area contributed by atoms with Gasteiger partial charge in [-0.25, -0.2) is 0 Å². The summed E-state index contributed by atoms with van der Waals surface area (Å²) in [7, 11) is 1.66. The minimum Gasteiger partial charge on any atom is -0.497 e. The summed E-state index contributed by atoms with van der Waals surface area (Å²) >= 11 is 0. The number of nitrogens with zero attached hydrogens (tertiary/aromatic N) is 4. The molecule has 0 unspecified atom stereocenters. The molecule has 2 saturated heterocycles. The normalized spacial score (nSPS) is 17.5. The van der Waals surface area contributed by atoms with Gasteiger partial charge in [0, 0.05) is 63.0 Å². The van der Waals surface area contributed by atoms with E-state index < -0.39 is 17.2 Å². The van der Waals surface area contributed by atoms with Gasteiger partial charge in [-0.2, -0.15) is 13.2 Å². The molecule has 41 heavy (non-hydrogen) atoms. The molecule has 0 atom stereocenters. The summed E-state index contributed by atoms with van der Waals surface area (Å²) in [4.78, 5) is 22.0. The summed E-state index contributed by atoms with van der Waals surface area (Å²) in [5.41, 5.74) is 0.831. The Balaban J connectivity index is 0.00000294. The third-order valence-electron chi connectivity index (χ3n) is 8.45. The van der Waals surface area contributed by atoms with E-state index in [2.05, 4.69) is 34.6 Å². The lowest BCUT2D eigenvalue weighted by Crippen LogP contribution is -2.54. The van der Waals surface area contributed by atoms with Gasteiger partial charge in [0.1, 0.15) is 5.75 Å². The quantitative estimate of drug-likeness (QED) is 0.367. The highest BCUT2D eigenvalue weighted by atomic mass is 35.5. The van der Waals surface area contributed by atoms with E-state index in [1.54, 1.807) is 7.11 Å². The van der Waals surface area contributed by atoms with Crippen LogP contribution in [0.4, 0.5) is 18.9 Å². The van der Waals surface area contributed by atoms with E-state index in [1.165, 1.54) is 12.1 Å². The van der Waals surface area contributed by atoms with Gasteiger partial charge >= 0.3 is 6.18 Å². The highest BCUT2D eigenvalue weighted by molar-refractivity contribution is 5.85. The van der Waals surface area contributed by atoms with Gasteiger partial charge in [-0.15, -0.1) is 24.8 Å². The van der Waals surface area contributed by atoms with Crippen LogP contribution in [0, 0.1) is 0 Å². The second-order valence-electron chi connectivity index (χ2n) is 10.7. The van der Waals surface area contributed by atoms with Crippen LogP contribution in [0.25, 0.3) is 0 Å². The summed E-state index contributed by atoms with van der Waals surface area (Å²) in [6.07, 6.45) is -3.07. The van der Waals surface area contributed by atoms with Crippen molar-refractivity contribution in [2.45, 2.75) is 38.3 Å². The summed E-state index contributed by atoms with van der Waals surface area (Å²) in [6, 6.07) is 13.8. The molecular weight excluding hydrogens is 576 g/mol. The van der Waals surface area contributed by atoms with Crippen molar-refractivity contribution in [3.05, 3.63) is 59.7 Å². The maximum Gasteiger partial charge on any atom is 0.416 e. The van der Waals surface area contributed by atoms with Crippen LogP contribution in [0.3, 0.4) is 0 Å². The number of piperidine rings is 1. The molecule has 0 aliphatic carbocycles. The molecule has 4 rings (SSSR count). The fourth-order valence-electron chi connectivity index (χ4n) is 5.89. The van der Waals surface area contributed by atoms with Gasteiger partial charge in [-0.1, -0.05) is 38.1 Å². The van der Waals surface area contributed by atoms with Gasteiger partial charge in [0.05, 0.1) is 19.2 Å². The van der Waals surface area contributed by atoms with E-state index in [4.69, 9.17) is 4.74 Å². The van der Waals surface area contributed by atoms with Crippen molar-refractivity contribution in [3.63, 3.8) is 0 Å². The predicted molar refractivity (Wildman–Crippen MR) is 163 cm³/mol. The van der Waals surface area contributed by atoms with E-state index >= 15 is 0 Å². The molecule has 0 aromatic heterocycles. The Morgan fingerprint density at radius 2 is 1.56 bits per heavy atom. The number of amides is 1. The second kappa shape index (κ2) is 15.3. The molecular formula is C30H43Cl2F3N4O2. The van der Waals surface area contributed by atoms with Gasteiger partial charge in [0.25, 0.3) is 0 Å². The average Bonchev–Trinajstić information content (AvgIpc) is 2.96. The van der Waals surface area contributed by atoms with Crippen molar-refractivity contribution >= 4 is 36.4 Å². The van der Waals surface area contributed by atoms with Gasteiger partial charge in [0.15, 0.2) is 0 Å². The lowest BCUT2D eigenvalue weighted by atomic mass is 9.71. The van der Waals surface area contributed by atoms with Crippen molar-refractivity contribution in [2.24, 2.45) is 0 Å². The summed E-state index contributed by atoms with van der Waals surface area (Å²) in [6.45, 7) is 11.3. The van der Waals surface area contributed by atoms with Crippen molar-refractivity contribution in [3.8, 4) is 5.75 Å². The molecule has 2 aliphatic heterocycles. The molecule has 0 saturated carbocycles. The van der Waals surface area contributed by atoms with Crippen LogP contribution in [0.1, 0.15) is 37.8 Å². The zero-order valence-corrected chi connectivity index (χ0v) is 25.8. The lowest BCUT2D eigenvalue weighted by molar-refractivity contribution is -0.137. The average molecular weight is 620 g/mol. The van der Waals surface area contributed by atoms with E-state index in [9.17, 15) is 18.0 Å². The molecule has 0 N–H and O–H groups in total. The number of likely N-dealkylation sites (tertiary alicyclic amines) is 1. The smallest absolute Gasteiger partial charge is 0.416 e. The van der Waals surface area contributed by atoms with E-state index in [0.29, 0.717) is 39.0 Å². The van der Waals surface area contributed by atoms with Gasteiger partial charge in [-0.05, 0) is 49.7 Å².